The lowest BCUT2D eigenvalue weighted by atomic mass is 10.2. The van der Waals surface area contributed by atoms with Gasteiger partial charge in [-0.15, -0.1) is 11.3 Å². The SMILES string of the molecule is CCNC(=NCc1sc(C)nc1C)NCC(C)N1CCOCC1. The Kier molecular flexibility index (Phi) is 7.26. The fraction of sp³-hybridized carbons (Fsp3) is 0.750. The van der Waals surface area contributed by atoms with Crippen LogP contribution in [0.5, 0.6) is 0 Å². The molecule has 2 heterocycles. The molecule has 1 aliphatic heterocycles. The molecular weight excluding hydrogens is 310 g/mol. The molecule has 0 radical (unpaired) electrons. The Morgan fingerprint density at radius 2 is 2.09 bits per heavy atom. The number of hydrogen-bond acceptors (Lipinski definition) is 5. The zero-order valence-corrected chi connectivity index (χ0v) is 15.5. The van der Waals surface area contributed by atoms with E-state index in [1.807, 2.05) is 6.92 Å². The average Bonchev–Trinajstić information content (AvgIpc) is 2.88. The van der Waals surface area contributed by atoms with Gasteiger partial charge in [-0.2, -0.15) is 0 Å². The van der Waals surface area contributed by atoms with Crippen molar-refractivity contribution in [3.05, 3.63) is 15.6 Å². The van der Waals surface area contributed by atoms with Gasteiger partial charge in [0.15, 0.2) is 5.96 Å². The van der Waals surface area contributed by atoms with Crippen molar-refractivity contribution in [1.29, 1.82) is 0 Å². The maximum atomic E-state index is 5.41. The molecule has 1 aromatic rings. The van der Waals surface area contributed by atoms with E-state index in [0.29, 0.717) is 12.6 Å². The third kappa shape index (κ3) is 5.75. The summed E-state index contributed by atoms with van der Waals surface area (Å²) in [6, 6.07) is 0.468. The molecule has 0 amide bonds. The van der Waals surface area contributed by atoms with Crippen LogP contribution in [0.2, 0.25) is 0 Å². The van der Waals surface area contributed by atoms with Gasteiger partial charge in [0.2, 0.25) is 0 Å². The highest BCUT2D eigenvalue weighted by atomic mass is 32.1. The maximum absolute atomic E-state index is 5.41. The van der Waals surface area contributed by atoms with E-state index in [-0.39, 0.29) is 0 Å². The number of thiazole rings is 1. The first-order valence-corrected chi connectivity index (χ1v) is 9.18. The summed E-state index contributed by atoms with van der Waals surface area (Å²) >= 11 is 1.73. The molecule has 0 bridgehead atoms. The summed E-state index contributed by atoms with van der Waals surface area (Å²) in [5.41, 5.74) is 1.09. The Morgan fingerprint density at radius 1 is 1.35 bits per heavy atom. The van der Waals surface area contributed by atoms with E-state index in [2.05, 4.69) is 41.3 Å². The number of aromatic nitrogens is 1. The standard InChI is InChI=1S/C16H29N5OS/c1-5-17-16(19-11-15-13(3)20-14(4)23-15)18-10-12(2)21-6-8-22-9-7-21/h12H,5-11H2,1-4H3,(H2,17,18,19). The molecule has 1 atom stereocenters. The van der Waals surface area contributed by atoms with Crippen molar-refractivity contribution >= 4 is 17.3 Å². The van der Waals surface area contributed by atoms with Crippen LogP contribution in [0.1, 0.15) is 29.4 Å². The van der Waals surface area contributed by atoms with Crippen LogP contribution in [-0.2, 0) is 11.3 Å². The fourth-order valence-electron chi connectivity index (χ4n) is 2.60. The number of ether oxygens (including phenoxy) is 1. The third-order valence-electron chi connectivity index (χ3n) is 3.96. The molecule has 0 aliphatic carbocycles. The zero-order chi connectivity index (χ0) is 16.7. The van der Waals surface area contributed by atoms with E-state index in [1.54, 1.807) is 11.3 Å². The van der Waals surface area contributed by atoms with Crippen molar-refractivity contribution in [2.24, 2.45) is 4.99 Å². The number of aryl methyl sites for hydroxylation is 2. The Bertz CT molecular complexity index is 511. The second-order valence-electron chi connectivity index (χ2n) is 5.81. The molecule has 1 unspecified atom stereocenters. The summed E-state index contributed by atoms with van der Waals surface area (Å²) in [5.74, 6) is 0.873. The predicted octanol–water partition coefficient (Wildman–Crippen LogP) is 1.54. The summed E-state index contributed by atoms with van der Waals surface area (Å²) in [4.78, 5) is 12.8. The van der Waals surface area contributed by atoms with Gasteiger partial charge in [0.1, 0.15) is 0 Å². The van der Waals surface area contributed by atoms with Crippen molar-refractivity contribution in [3.8, 4) is 0 Å². The van der Waals surface area contributed by atoms with E-state index in [1.165, 1.54) is 4.88 Å². The fourth-order valence-corrected chi connectivity index (χ4v) is 3.47. The topological polar surface area (TPSA) is 61.8 Å². The van der Waals surface area contributed by atoms with E-state index in [9.17, 15) is 0 Å². The number of guanidine groups is 1. The van der Waals surface area contributed by atoms with E-state index in [0.717, 1.165) is 56.1 Å². The van der Waals surface area contributed by atoms with Crippen molar-refractivity contribution in [2.75, 3.05) is 39.4 Å². The zero-order valence-electron chi connectivity index (χ0n) is 14.7. The van der Waals surface area contributed by atoms with Gasteiger partial charge in [0.05, 0.1) is 30.5 Å². The van der Waals surface area contributed by atoms with Crippen molar-refractivity contribution in [3.63, 3.8) is 0 Å². The first kappa shape index (κ1) is 18.2. The van der Waals surface area contributed by atoms with Crippen molar-refractivity contribution < 1.29 is 4.74 Å². The molecule has 130 valence electrons. The Labute approximate surface area is 143 Å². The van der Waals surface area contributed by atoms with Gasteiger partial charge in [-0.3, -0.25) is 4.90 Å². The quantitative estimate of drug-likeness (QED) is 0.608. The molecule has 0 aromatic carbocycles. The Hall–Kier alpha value is -1.18. The first-order chi connectivity index (χ1) is 11.1. The molecule has 0 saturated carbocycles. The summed E-state index contributed by atoms with van der Waals surface area (Å²) in [6.07, 6.45) is 0. The maximum Gasteiger partial charge on any atom is 0.191 e. The van der Waals surface area contributed by atoms with Gasteiger partial charge in [-0.1, -0.05) is 0 Å². The van der Waals surface area contributed by atoms with Crippen LogP contribution < -0.4 is 10.6 Å². The largest absolute Gasteiger partial charge is 0.379 e. The second kappa shape index (κ2) is 9.20. The van der Waals surface area contributed by atoms with Crippen molar-refractivity contribution in [1.82, 2.24) is 20.5 Å². The number of morpholine rings is 1. The van der Waals surface area contributed by atoms with Gasteiger partial charge in [-0.25, -0.2) is 9.98 Å². The lowest BCUT2D eigenvalue weighted by Gasteiger charge is -2.32. The minimum absolute atomic E-state index is 0.468. The lowest BCUT2D eigenvalue weighted by Crippen LogP contribution is -2.49. The Balaban J connectivity index is 1.87. The number of nitrogens with one attached hydrogen (secondary N) is 2. The van der Waals surface area contributed by atoms with Crippen LogP contribution in [0.15, 0.2) is 4.99 Å². The highest BCUT2D eigenvalue weighted by molar-refractivity contribution is 7.11. The van der Waals surface area contributed by atoms with Crippen LogP contribution in [0.3, 0.4) is 0 Å². The normalized spacial score (nSPS) is 18.0. The molecule has 1 saturated heterocycles. The van der Waals surface area contributed by atoms with E-state index in [4.69, 9.17) is 9.73 Å². The molecule has 7 heteroatoms. The van der Waals surface area contributed by atoms with E-state index >= 15 is 0 Å². The minimum atomic E-state index is 0.468. The highest BCUT2D eigenvalue weighted by Gasteiger charge is 2.17. The molecule has 2 rings (SSSR count). The average molecular weight is 340 g/mol. The molecule has 0 spiro atoms. The molecule has 1 aromatic heterocycles. The summed E-state index contributed by atoms with van der Waals surface area (Å²) in [6.45, 7) is 14.5. The van der Waals surface area contributed by atoms with E-state index < -0.39 is 0 Å². The lowest BCUT2D eigenvalue weighted by molar-refractivity contribution is 0.0211. The smallest absolute Gasteiger partial charge is 0.191 e. The first-order valence-electron chi connectivity index (χ1n) is 8.37. The molecule has 6 nitrogen and oxygen atoms in total. The minimum Gasteiger partial charge on any atom is -0.379 e. The second-order valence-corrected chi connectivity index (χ2v) is 7.10. The van der Waals surface area contributed by atoms with Gasteiger partial charge in [-0.05, 0) is 27.7 Å². The van der Waals surface area contributed by atoms with Gasteiger partial charge >= 0.3 is 0 Å². The van der Waals surface area contributed by atoms with Gasteiger partial charge in [0, 0.05) is 37.1 Å². The molecule has 2 N–H and O–H groups in total. The van der Waals surface area contributed by atoms with Crippen LogP contribution in [-0.4, -0.2) is 61.3 Å². The summed E-state index contributed by atoms with van der Waals surface area (Å²) in [5, 5.41) is 7.88. The number of nitrogens with zero attached hydrogens (tertiary/aromatic N) is 3. The molecule has 23 heavy (non-hydrogen) atoms. The predicted molar refractivity (Wildman–Crippen MR) is 96.3 cm³/mol. The molecule has 1 aliphatic rings. The highest BCUT2D eigenvalue weighted by Crippen LogP contribution is 2.17. The van der Waals surface area contributed by atoms with Gasteiger partial charge < -0.3 is 15.4 Å². The van der Waals surface area contributed by atoms with Crippen LogP contribution in [0, 0.1) is 13.8 Å². The summed E-state index contributed by atoms with van der Waals surface area (Å²) < 4.78 is 5.41. The monoisotopic (exact) mass is 339 g/mol. The van der Waals surface area contributed by atoms with Crippen LogP contribution in [0.4, 0.5) is 0 Å². The number of rotatable bonds is 6. The summed E-state index contributed by atoms with van der Waals surface area (Å²) in [7, 11) is 0. The third-order valence-corrected chi connectivity index (χ3v) is 5.02. The number of aliphatic imine (C=N–C) groups is 1. The van der Waals surface area contributed by atoms with Crippen LogP contribution >= 0.6 is 11.3 Å². The number of hydrogen-bond donors (Lipinski definition) is 2. The van der Waals surface area contributed by atoms with Gasteiger partial charge in [0.25, 0.3) is 0 Å². The Morgan fingerprint density at radius 3 is 2.70 bits per heavy atom. The van der Waals surface area contributed by atoms with Crippen molar-refractivity contribution in [2.45, 2.75) is 40.3 Å². The van der Waals surface area contributed by atoms with Crippen LogP contribution in [0.25, 0.3) is 0 Å². The molecule has 1 fully saturated rings. The molecular formula is C16H29N5OS.